The molecule has 25 heavy (non-hydrogen) atoms. The van der Waals surface area contributed by atoms with E-state index in [1.54, 1.807) is 17.6 Å². The maximum Gasteiger partial charge on any atom is 0.274 e. The molecule has 3 aromatic rings. The van der Waals surface area contributed by atoms with Gasteiger partial charge < -0.3 is 5.32 Å². The molecule has 0 fully saturated rings. The number of anilines is 2. The zero-order valence-corrected chi connectivity index (χ0v) is 13.2. The lowest BCUT2D eigenvalue weighted by molar-refractivity contribution is 0.0706. The van der Waals surface area contributed by atoms with Crippen LogP contribution in [0.3, 0.4) is 0 Å². The van der Waals surface area contributed by atoms with Crippen molar-refractivity contribution in [3.05, 3.63) is 77.9 Å². The summed E-state index contributed by atoms with van der Waals surface area (Å²) in [7, 11) is 0. The number of hydrogen-bond donors (Lipinski definition) is 3. The van der Waals surface area contributed by atoms with Crippen LogP contribution in [0.2, 0.25) is 0 Å². The number of hydroxylamine groups is 1. The smallest absolute Gasteiger partial charge is 0.274 e. The van der Waals surface area contributed by atoms with Gasteiger partial charge in [0.2, 0.25) is 0 Å². The molecule has 3 aromatic carbocycles. The van der Waals surface area contributed by atoms with Crippen molar-refractivity contribution in [3.63, 3.8) is 0 Å². The Hall–Kier alpha value is -3.44. The summed E-state index contributed by atoms with van der Waals surface area (Å²) >= 11 is 0. The third-order valence-electron chi connectivity index (χ3n) is 4.15. The van der Waals surface area contributed by atoms with Crippen LogP contribution >= 0.6 is 0 Å². The second kappa shape index (κ2) is 6.22. The Morgan fingerprint density at radius 2 is 1.68 bits per heavy atom. The van der Waals surface area contributed by atoms with Gasteiger partial charge in [-0.3, -0.25) is 15.0 Å². The van der Waals surface area contributed by atoms with Crippen LogP contribution in [0.4, 0.5) is 17.1 Å². The predicted molar refractivity (Wildman–Crippen MR) is 98.1 cm³/mol. The van der Waals surface area contributed by atoms with Crippen LogP contribution in [0.15, 0.2) is 71.7 Å². The molecular formula is C20H15N3O2. The number of nitrogens with one attached hydrogen (secondary N) is 2. The van der Waals surface area contributed by atoms with Gasteiger partial charge in [0, 0.05) is 23.0 Å². The maximum atomic E-state index is 11.4. The Labute approximate surface area is 144 Å². The first-order chi connectivity index (χ1) is 12.2. The monoisotopic (exact) mass is 329 g/mol. The van der Waals surface area contributed by atoms with E-state index in [1.165, 1.54) is 0 Å². The standard InChI is InChI=1S/C20H15N3O2/c24-20(23-25)14-7-5-13(6-8-14)15-9-10-18-19(11-15)22-17-4-2-1-3-16(17)12-21-18/h1-12,22,25H,(H,23,24). The van der Waals surface area contributed by atoms with Gasteiger partial charge in [0.1, 0.15) is 0 Å². The third kappa shape index (κ3) is 2.88. The molecule has 0 bridgehead atoms. The summed E-state index contributed by atoms with van der Waals surface area (Å²) < 4.78 is 0. The molecule has 0 saturated heterocycles. The van der Waals surface area contributed by atoms with E-state index in [-0.39, 0.29) is 0 Å². The number of amides is 1. The van der Waals surface area contributed by atoms with Crippen molar-refractivity contribution in [1.29, 1.82) is 0 Å². The van der Waals surface area contributed by atoms with E-state index in [0.717, 1.165) is 33.8 Å². The topological polar surface area (TPSA) is 73.7 Å². The van der Waals surface area contributed by atoms with Crippen molar-refractivity contribution in [2.24, 2.45) is 4.99 Å². The van der Waals surface area contributed by atoms with Gasteiger partial charge in [0.25, 0.3) is 5.91 Å². The fourth-order valence-corrected chi connectivity index (χ4v) is 2.81. The Bertz CT molecular complexity index is 978. The number of aliphatic imine (C=N–C) groups is 1. The second-order valence-electron chi connectivity index (χ2n) is 5.72. The lowest BCUT2D eigenvalue weighted by Gasteiger charge is -2.11. The zero-order valence-electron chi connectivity index (χ0n) is 13.2. The highest BCUT2D eigenvalue weighted by Crippen LogP contribution is 2.35. The van der Waals surface area contributed by atoms with Crippen LogP contribution in [0, 0.1) is 0 Å². The molecule has 1 amide bonds. The molecule has 0 unspecified atom stereocenters. The van der Waals surface area contributed by atoms with Gasteiger partial charge in [0.15, 0.2) is 0 Å². The van der Waals surface area contributed by atoms with Crippen LogP contribution in [-0.4, -0.2) is 17.3 Å². The van der Waals surface area contributed by atoms with Crippen LogP contribution < -0.4 is 10.8 Å². The lowest BCUT2D eigenvalue weighted by atomic mass is 10.0. The zero-order chi connectivity index (χ0) is 17.2. The van der Waals surface area contributed by atoms with E-state index in [0.29, 0.717) is 5.56 Å². The third-order valence-corrected chi connectivity index (χ3v) is 4.15. The van der Waals surface area contributed by atoms with Crippen LogP contribution in [0.25, 0.3) is 11.1 Å². The SMILES string of the molecule is O=C(NO)c1ccc(-c2ccc3c(c2)Nc2ccccc2C=N3)cc1. The summed E-state index contributed by atoms with van der Waals surface area (Å²) in [6.07, 6.45) is 1.86. The lowest BCUT2D eigenvalue weighted by Crippen LogP contribution is -2.18. The molecule has 122 valence electrons. The van der Waals surface area contributed by atoms with Gasteiger partial charge in [-0.1, -0.05) is 36.4 Å². The van der Waals surface area contributed by atoms with E-state index in [9.17, 15) is 4.79 Å². The van der Waals surface area contributed by atoms with Gasteiger partial charge in [-0.25, -0.2) is 5.48 Å². The second-order valence-corrected chi connectivity index (χ2v) is 5.72. The molecule has 5 heteroatoms. The minimum absolute atomic E-state index is 0.401. The average molecular weight is 329 g/mol. The molecule has 0 aliphatic carbocycles. The van der Waals surface area contributed by atoms with Crippen LogP contribution in [0.1, 0.15) is 15.9 Å². The Morgan fingerprint density at radius 1 is 0.920 bits per heavy atom. The molecule has 0 aromatic heterocycles. The number of para-hydroxylation sites is 1. The van der Waals surface area contributed by atoms with Gasteiger partial charge in [0.05, 0.1) is 11.4 Å². The van der Waals surface area contributed by atoms with E-state index in [2.05, 4.69) is 10.3 Å². The summed E-state index contributed by atoms with van der Waals surface area (Å²) in [5, 5.41) is 12.1. The fourth-order valence-electron chi connectivity index (χ4n) is 2.81. The highest BCUT2D eigenvalue weighted by molar-refractivity contribution is 5.96. The Balaban J connectivity index is 1.70. The Morgan fingerprint density at radius 3 is 2.48 bits per heavy atom. The summed E-state index contributed by atoms with van der Waals surface area (Å²) in [6.45, 7) is 0. The highest BCUT2D eigenvalue weighted by atomic mass is 16.5. The molecular weight excluding hydrogens is 314 g/mol. The van der Waals surface area contributed by atoms with E-state index in [4.69, 9.17) is 5.21 Å². The Kier molecular flexibility index (Phi) is 3.76. The molecule has 3 N–H and O–H groups in total. The molecule has 1 aliphatic rings. The molecule has 0 atom stereocenters. The van der Waals surface area contributed by atoms with Crippen LogP contribution in [-0.2, 0) is 0 Å². The van der Waals surface area contributed by atoms with Crippen molar-refractivity contribution < 1.29 is 10.0 Å². The fraction of sp³-hybridized carbons (Fsp3) is 0. The minimum Gasteiger partial charge on any atom is -0.353 e. The summed E-state index contributed by atoms with van der Waals surface area (Å²) in [5.41, 5.74) is 7.87. The summed E-state index contributed by atoms with van der Waals surface area (Å²) in [5.74, 6) is -0.527. The van der Waals surface area contributed by atoms with Crippen molar-refractivity contribution in [2.45, 2.75) is 0 Å². The largest absolute Gasteiger partial charge is 0.353 e. The quantitative estimate of drug-likeness (QED) is 0.379. The summed E-state index contributed by atoms with van der Waals surface area (Å²) in [4.78, 5) is 16.0. The van der Waals surface area contributed by atoms with Crippen LogP contribution in [0.5, 0.6) is 0 Å². The molecule has 0 spiro atoms. The first kappa shape index (κ1) is 15.1. The maximum absolute atomic E-state index is 11.4. The van der Waals surface area contributed by atoms with E-state index < -0.39 is 5.91 Å². The van der Waals surface area contributed by atoms with Gasteiger partial charge in [-0.15, -0.1) is 0 Å². The molecule has 5 nitrogen and oxygen atoms in total. The molecule has 4 rings (SSSR count). The number of benzene rings is 3. The molecule has 1 heterocycles. The first-order valence-electron chi connectivity index (χ1n) is 7.83. The number of nitrogens with zero attached hydrogens (tertiary/aromatic N) is 1. The highest BCUT2D eigenvalue weighted by Gasteiger charge is 2.11. The summed E-state index contributed by atoms with van der Waals surface area (Å²) in [6, 6.07) is 21.0. The first-order valence-corrected chi connectivity index (χ1v) is 7.83. The van der Waals surface area contributed by atoms with Crippen molar-refractivity contribution in [1.82, 2.24) is 5.48 Å². The minimum atomic E-state index is -0.527. The average Bonchev–Trinajstić information content (AvgIpc) is 2.86. The number of fused-ring (bicyclic) bond motifs is 2. The van der Waals surface area contributed by atoms with Gasteiger partial charge >= 0.3 is 0 Å². The number of rotatable bonds is 2. The van der Waals surface area contributed by atoms with E-state index >= 15 is 0 Å². The number of carbonyl (C=O) groups excluding carboxylic acids is 1. The van der Waals surface area contributed by atoms with Crippen molar-refractivity contribution in [3.8, 4) is 11.1 Å². The van der Waals surface area contributed by atoms with Crippen molar-refractivity contribution >= 4 is 29.2 Å². The predicted octanol–water partition coefficient (Wildman–Crippen LogP) is 4.28. The molecule has 0 saturated carbocycles. The molecule has 1 aliphatic heterocycles. The van der Waals surface area contributed by atoms with Gasteiger partial charge in [-0.2, -0.15) is 0 Å². The molecule has 0 radical (unpaired) electrons. The number of hydrogen-bond acceptors (Lipinski definition) is 4. The number of carbonyl (C=O) groups is 1. The normalized spacial score (nSPS) is 11.7. The van der Waals surface area contributed by atoms with E-state index in [1.807, 2.05) is 60.8 Å². The van der Waals surface area contributed by atoms with Crippen molar-refractivity contribution in [2.75, 3.05) is 5.32 Å². The van der Waals surface area contributed by atoms with Gasteiger partial charge in [-0.05, 0) is 41.5 Å².